The third-order valence-electron chi connectivity index (χ3n) is 2.89. The Bertz CT molecular complexity index is 401. The summed E-state index contributed by atoms with van der Waals surface area (Å²) in [5.41, 5.74) is 1.18. The van der Waals surface area contributed by atoms with E-state index in [1.807, 2.05) is 19.1 Å². The Hall–Kier alpha value is -1.48. The van der Waals surface area contributed by atoms with Crippen LogP contribution < -0.4 is 14.8 Å². The van der Waals surface area contributed by atoms with Gasteiger partial charge in [-0.25, -0.2) is 0 Å². The molecule has 0 saturated carbocycles. The van der Waals surface area contributed by atoms with Gasteiger partial charge in [0, 0.05) is 18.5 Å². The second kappa shape index (κ2) is 7.07. The topological polar surface area (TPSA) is 30.5 Å². The lowest BCUT2D eigenvalue weighted by Gasteiger charge is -2.12. The molecule has 3 nitrogen and oxygen atoms in total. The minimum atomic E-state index is 0.739. The number of benzene rings is 1. The summed E-state index contributed by atoms with van der Waals surface area (Å²) in [6.45, 7) is 5.33. The molecule has 1 N–H and O–H groups in total. The van der Waals surface area contributed by atoms with Crippen molar-refractivity contribution in [2.45, 2.75) is 26.3 Å². The van der Waals surface area contributed by atoms with Crippen LogP contribution in [0.4, 0.5) is 0 Å². The number of rotatable bonds is 5. The van der Waals surface area contributed by atoms with E-state index in [1.165, 1.54) is 5.56 Å². The molecular formula is C15H21NO2. The second-order valence-corrected chi connectivity index (χ2v) is 4.33. The molecule has 98 valence electrons. The first kappa shape index (κ1) is 13.0. The highest BCUT2D eigenvalue weighted by Crippen LogP contribution is 2.32. The van der Waals surface area contributed by atoms with Gasteiger partial charge in [-0.3, -0.25) is 0 Å². The minimum absolute atomic E-state index is 0.739. The van der Waals surface area contributed by atoms with Crippen molar-refractivity contribution in [3.05, 3.63) is 35.9 Å². The first-order valence-electron chi connectivity index (χ1n) is 6.61. The van der Waals surface area contributed by atoms with E-state index in [4.69, 9.17) is 9.47 Å². The van der Waals surface area contributed by atoms with Crippen molar-refractivity contribution < 1.29 is 9.47 Å². The number of nitrogens with one attached hydrogen (secondary N) is 1. The molecule has 0 fully saturated rings. The fourth-order valence-electron chi connectivity index (χ4n) is 1.97. The van der Waals surface area contributed by atoms with Gasteiger partial charge in [0.05, 0.1) is 13.2 Å². The van der Waals surface area contributed by atoms with E-state index in [1.54, 1.807) is 0 Å². The van der Waals surface area contributed by atoms with Gasteiger partial charge in [-0.05, 0) is 26.0 Å². The van der Waals surface area contributed by atoms with Crippen LogP contribution in [0.25, 0.3) is 0 Å². The van der Waals surface area contributed by atoms with Crippen LogP contribution in [0.3, 0.4) is 0 Å². The molecule has 1 aromatic rings. The van der Waals surface area contributed by atoms with E-state index in [0.29, 0.717) is 0 Å². The Morgan fingerprint density at radius 3 is 3.06 bits per heavy atom. The van der Waals surface area contributed by atoms with Crippen molar-refractivity contribution in [3.63, 3.8) is 0 Å². The van der Waals surface area contributed by atoms with Gasteiger partial charge in [0.2, 0.25) is 0 Å². The Balaban J connectivity index is 1.95. The summed E-state index contributed by atoms with van der Waals surface area (Å²) < 4.78 is 11.4. The van der Waals surface area contributed by atoms with Crippen molar-refractivity contribution in [2.75, 3.05) is 19.8 Å². The third-order valence-corrected chi connectivity index (χ3v) is 2.89. The summed E-state index contributed by atoms with van der Waals surface area (Å²) in [5.74, 6) is 1.79. The third kappa shape index (κ3) is 3.50. The number of allylic oxidation sites excluding steroid dienone is 1. The summed E-state index contributed by atoms with van der Waals surface area (Å²) >= 11 is 0. The second-order valence-electron chi connectivity index (χ2n) is 4.33. The number of fused-ring (bicyclic) bond motifs is 1. The van der Waals surface area contributed by atoms with Crippen LogP contribution in [0.1, 0.15) is 25.3 Å². The van der Waals surface area contributed by atoms with Crippen LogP contribution >= 0.6 is 0 Å². The van der Waals surface area contributed by atoms with E-state index in [-0.39, 0.29) is 0 Å². The van der Waals surface area contributed by atoms with Crippen molar-refractivity contribution in [1.29, 1.82) is 0 Å². The molecule has 1 heterocycles. The molecule has 2 rings (SSSR count). The SMILES string of the molecule is C/C=C/CCNCc1cccc2c1OCCCO2. The van der Waals surface area contributed by atoms with Gasteiger partial charge >= 0.3 is 0 Å². The molecular weight excluding hydrogens is 226 g/mol. The molecule has 0 radical (unpaired) electrons. The summed E-state index contributed by atoms with van der Waals surface area (Å²) in [6.07, 6.45) is 6.25. The lowest BCUT2D eigenvalue weighted by atomic mass is 10.2. The van der Waals surface area contributed by atoms with Crippen LogP contribution in [-0.2, 0) is 6.54 Å². The maximum absolute atomic E-state index is 5.78. The molecule has 0 amide bonds. The standard InChI is InChI=1S/C15H21NO2/c1-2-3-4-9-16-12-13-7-5-8-14-15(13)18-11-6-10-17-14/h2-3,5,7-8,16H,4,6,9-12H2,1H3/b3-2+. The average molecular weight is 247 g/mol. The van der Waals surface area contributed by atoms with E-state index in [0.717, 1.165) is 50.6 Å². The Morgan fingerprint density at radius 1 is 1.28 bits per heavy atom. The molecule has 1 aromatic carbocycles. The normalized spacial score (nSPS) is 14.7. The minimum Gasteiger partial charge on any atom is -0.490 e. The maximum atomic E-state index is 5.78. The van der Waals surface area contributed by atoms with Crippen molar-refractivity contribution in [3.8, 4) is 11.5 Å². The Morgan fingerprint density at radius 2 is 2.17 bits per heavy atom. The van der Waals surface area contributed by atoms with E-state index < -0.39 is 0 Å². The smallest absolute Gasteiger partial charge is 0.165 e. The highest BCUT2D eigenvalue weighted by atomic mass is 16.5. The maximum Gasteiger partial charge on any atom is 0.165 e. The van der Waals surface area contributed by atoms with Gasteiger partial charge in [-0.15, -0.1) is 0 Å². The fourth-order valence-corrected chi connectivity index (χ4v) is 1.97. The molecule has 0 aliphatic carbocycles. The summed E-state index contributed by atoms with van der Waals surface area (Å²) in [7, 11) is 0. The van der Waals surface area contributed by atoms with E-state index in [2.05, 4.69) is 23.5 Å². The number of hydrogen-bond acceptors (Lipinski definition) is 3. The summed E-state index contributed by atoms with van der Waals surface area (Å²) in [4.78, 5) is 0. The highest BCUT2D eigenvalue weighted by Gasteiger charge is 2.13. The summed E-state index contributed by atoms with van der Waals surface area (Å²) in [6, 6.07) is 6.09. The molecule has 0 bridgehead atoms. The van der Waals surface area contributed by atoms with E-state index in [9.17, 15) is 0 Å². The monoisotopic (exact) mass is 247 g/mol. The van der Waals surface area contributed by atoms with Crippen LogP contribution in [0.15, 0.2) is 30.4 Å². The van der Waals surface area contributed by atoms with Gasteiger partial charge in [0.1, 0.15) is 0 Å². The van der Waals surface area contributed by atoms with Gasteiger partial charge in [-0.2, -0.15) is 0 Å². The van der Waals surface area contributed by atoms with Crippen molar-refractivity contribution >= 4 is 0 Å². The van der Waals surface area contributed by atoms with Crippen LogP contribution in [-0.4, -0.2) is 19.8 Å². The molecule has 0 saturated heterocycles. The van der Waals surface area contributed by atoms with Gasteiger partial charge in [-0.1, -0.05) is 24.3 Å². The molecule has 0 unspecified atom stereocenters. The molecule has 3 heteroatoms. The molecule has 0 atom stereocenters. The largest absolute Gasteiger partial charge is 0.490 e. The van der Waals surface area contributed by atoms with Crippen molar-refractivity contribution in [2.24, 2.45) is 0 Å². The van der Waals surface area contributed by atoms with Gasteiger partial charge in [0.25, 0.3) is 0 Å². The Labute approximate surface area is 109 Å². The quantitative estimate of drug-likeness (QED) is 0.641. The summed E-state index contributed by atoms with van der Waals surface area (Å²) in [5, 5.41) is 3.42. The molecule has 1 aliphatic rings. The number of ether oxygens (including phenoxy) is 2. The Kier molecular flexibility index (Phi) is 5.09. The molecule has 18 heavy (non-hydrogen) atoms. The van der Waals surface area contributed by atoms with Crippen LogP contribution in [0.5, 0.6) is 11.5 Å². The van der Waals surface area contributed by atoms with Gasteiger partial charge < -0.3 is 14.8 Å². The predicted molar refractivity (Wildman–Crippen MR) is 73.2 cm³/mol. The van der Waals surface area contributed by atoms with Crippen LogP contribution in [0.2, 0.25) is 0 Å². The zero-order valence-electron chi connectivity index (χ0n) is 10.9. The zero-order chi connectivity index (χ0) is 12.6. The fraction of sp³-hybridized carbons (Fsp3) is 0.467. The molecule has 0 spiro atoms. The first-order chi connectivity index (χ1) is 8.92. The lowest BCUT2D eigenvalue weighted by molar-refractivity contribution is 0.296. The average Bonchev–Trinajstić information content (AvgIpc) is 2.64. The molecule has 0 aromatic heterocycles. The van der Waals surface area contributed by atoms with Gasteiger partial charge in [0.15, 0.2) is 11.5 Å². The predicted octanol–water partition coefficient (Wildman–Crippen LogP) is 2.90. The van der Waals surface area contributed by atoms with Crippen molar-refractivity contribution in [1.82, 2.24) is 5.32 Å². The van der Waals surface area contributed by atoms with E-state index >= 15 is 0 Å². The zero-order valence-corrected chi connectivity index (χ0v) is 10.9. The van der Waals surface area contributed by atoms with Crippen LogP contribution in [0, 0.1) is 0 Å². The highest BCUT2D eigenvalue weighted by molar-refractivity contribution is 5.47. The molecule has 1 aliphatic heterocycles. The lowest BCUT2D eigenvalue weighted by Crippen LogP contribution is -2.15. The number of para-hydroxylation sites is 1. The first-order valence-corrected chi connectivity index (χ1v) is 6.61. The number of hydrogen-bond donors (Lipinski definition) is 1.